The van der Waals surface area contributed by atoms with Gasteiger partial charge in [0.2, 0.25) is 10.0 Å². The lowest BCUT2D eigenvalue weighted by molar-refractivity contribution is 0.0917. The van der Waals surface area contributed by atoms with Gasteiger partial charge in [-0.1, -0.05) is 36.3 Å². The van der Waals surface area contributed by atoms with Gasteiger partial charge in [-0.2, -0.15) is 0 Å². The van der Waals surface area contributed by atoms with E-state index in [1.54, 1.807) is 24.1 Å². The second-order valence-corrected chi connectivity index (χ2v) is 12.3. The van der Waals surface area contributed by atoms with E-state index in [0.717, 1.165) is 41.5 Å². The van der Waals surface area contributed by atoms with Crippen molar-refractivity contribution in [3.05, 3.63) is 52.5 Å². The Morgan fingerprint density at radius 3 is 2.66 bits per heavy atom. The van der Waals surface area contributed by atoms with Crippen LogP contribution in [-0.4, -0.2) is 56.5 Å². The van der Waals surface area contributed by atoms with Gasteiger partial charge in [0.1, 0.15) is 0 Å². The van der Waals surface area contributed by atoms with Gasteiger partial charge >= 0.3 is 0 Å². The summed E-state index contributed by atoms with van der Waals surface area (Å²) in [6.07, 6.45) is 3.46. The summed E-state index contributed by atoms with van der Waals surface area (Å²) in [5, 5.41) is 1.20. The summed E-state index contributed by atoms with van der Waals surface area (Å²) < 4.78 is 33.8. The zero-order valence-corrected chi connectivity index (χ0v) is 22.5. The smallest absolute Gasteiger partial charge is 0.260 e. The lowest BCUT2D eigenvalue weighted by Crippen LogP contribution is -2.37. The van der Waals surface area contributed by atoms with Crippen molar-refractivity contribution in [3.8, 4) is 0 Å². The molecule has 1 unspecified atom stereocenters. The molecule has 4 rings (SSSR count). The van der Waals surface area contributed by atoms with Crippen molar-refractivity contribution in [2.75, 3.05) is 31.6 Å². The Morgan fingerprint density at radius 2 is 2.00 bits per heavy atom. The molecular weight excluding hydrogens is 506 g/mol. The highest BCUT2D eigenvalue weighted by atomic mass is 35.5. The highest BCUT2D eigenvalue weighted by Gasteiger charge is 2.28. The van der Waals surface area contributed by atoms with Crippen LogP contribution in [0.4, 0.5) is 5.13 Å². The van der Waals surface area contributed by atoms with Gasteiger partial charge < -0.3 is 4.74 Å². The molecule has 1 aliphatic heterocycles. The monoisotopic (exact) mass is 535 g/mol. The summed E-state index contributed by atoms with van der Waals surface area (Å²) in [6.45, 7) is 5.48. The minimum atomic E-state index is -3.61. The molecule has 0 saturated carbocycles. The first-order valence-electron chi connectivity index (χ1n) is 11.8. The van der Waals surface area contributed by atoms with Gasteiger partial charge in [0, 0.05) is 30.8 Å². The summed E-state index contributed by atoms with van der Waals surface area (Å²) in [5.41, 5.74) is 2.16. The van der Waals surface area contributed by atoms with Gasteiger partial charge in [-0.05, 0) is 68.1 Å². The molecule has 1 atom stereocenters. The van der Waals surface area contributed by atoms with Crippen LogP contribution in [0.2, 0.25) is 5.02 Å². The van der Waals surface area contributed by atoms with Crippen LogP contribution >= 0.6 is 22.9 Å². The zero-order chi connectivity index (χ0) is 25.2. The van der Waals surface area contributed by atoms with Crippen LogP contribution in [0.15, 0.2) is 41.3 Å². The third-order valence-electron chi connectivity index (χ3n) is 6.16. The number of hydrogen-bond acceptors (Lipinski definition) is 6. The fourth-order valence-corrected chi connectivity index (χ4v) is 6.74. The van der Waals surface area contributed by atoms with Gasteiger partial charge in [0.15, 0.2) is 5.13 Å². The van der Waals surface area contributed by atoms with Crippen molar-refractivity contribution in [2.45, 2.75) is 50.5 Å². The number of anilines is 1. The van der Waals surface area contributed by atoms with Crippen LogP contribution in [-0.2, 0) is 14.8 Å². The fourth-order valence-electron chi connectivity index (χ4n) is 4.10. The molecule has 188 valence electrons. The quantitative estimate of drug-likeness (QED) is 0.361. The number of halogens is 1. The van der Waals surface area contributed by atoms with E-state index in [4.69, 9.17) is 21.3 Å². The maximum Gasteiger partial charge on any atom is 0.260 e. The van der Waals surface area contributed by atoms with Gasteiger partial charge in [-0.3, -0.25) is 9.69 Å². The number of nitrogens with zero attached hydrogens (tertiary/aromatic N) is 3. The van der Waals surface area contributed by atoms with Crippen molar-refractivity contribution < 1.29 is 17.9 Å². The topological polar surface area (TPSA) is 79.8 Å². The molecule has 2 heterocycles. The molecule has 7 nitrogen and oxygen atoms in total. The first-order chi connectivity index (χ1) is 16.7. The molecular formula is C25H30ClN3O4S2. The predicted molar refractivity (Wildman–Crippen MR) is 141 cm³/mol. The predicted octanol–water partition coefficient (Wildman–Crippen LogP) is 5.50. The molecule has 0 spiro atoms. The number of carbonyl (C=O) groups excluding carboxylic acids is 1. The van der Waals surface area contributed by atoms with Crippen molar-refractivity contribution in [1.29, 1.82) is 0 Å². The maximum absolute atomic E-state index is 13.6. The number of aromatic nitrogens is 1. The van der Waals surface area contributed by atoms with Gasteiger partial charge in [-0.15, -0.1) is 0 Å². The van der Waals surface area contributed by atoms with Crippen LogP contribution in [0.25, 0.3) is 10.2 Å². The summed E-state index contributed by atoms with van der Waals surface area (Å²) in [4.78, 5) is 20.2. The van der Waals surface area contributed by atoms with Crippen molar-refractivity contribution in [2.24, 2.45) is 0 Å². The fraction of sp³-hybridized carbons (Fsp3) is 0.440. The largest absolute Gasteiger partial charge is 0.376 e. The third kappa shape index (κ3) is 5.70. The van der Waals surface area contributed by atoms with Crippen LogP contribution < -0.4 is 4.90 Å². The number of ether oxygens (including phenoxy) is 1. The van der Waals surface area contributed by atoms with E-state index in [-0.39, 0.29) is 16.9 Å². The van der Waals surface area contributed by atoms with Crippen LogP contribution in [0, 0.1) is 6.92 Å². The summed E-state index contributed by atoms with van der Waals surface area (Å²) in [7, 11) is -2.03. The van der Waals surface area contributed by atoms with E-state index < -0.39 is 10.0 Å². The molecule has 1 saturated heterocycles. The van der Waals surface area contributed by atoms with Gasteiger partial charge in [-0.25, -0.2) is 17.7 Å². The second-order valence-electron chi connectivity index (χ2n) is 8.82. The summed E-state index contributed by atoms with van der Waals surface area (Å²) in [6, 6.07) is 9.85. The number of carbonyl (C=O) groups is 1. The molecule has 35 heavy (non-hydrogen) atoms. The normalized spacial score (nSPS) is 16.3. The number of hydrogen-bond donors (Lipinski definition) is 0. The summed E-state index contributed by atoms with van der Waals surface area (Å²) in [5.74, 6) is -0.244. The molecule has 1 amide bonds. The van der Waals surface area contributed by atoms with E-state index in [1.807, 2.05) is 26.0 Å². The lowest BCUT2D eigenvalue weighted by atomic mass is 10.2. The van der Waals surface area contributed by atoms with Crippen LogP contribution in [0.3, 0.4) is 0 Å². The van der Waals surface area contributed by atoms with Crippen molar-refractivity contribution in [1.82, 2.24) is 9.29 Å². The molecule has 1 fully saturated rings. The molecule has 0 bridgehead atoms. The Balaban J connectivity index is 1.64. The lowest BCUT2D eigenvalue weighted by Gasteiger charge is -2.23. The Kier molecular flexibility index (Phi) is 8.12. The SMILES string of the molecule is CCCCN(C)S(=O)(=O)c1ccc(C(=O)N(CC2CCCO2)c2nc3c(C)cc(Cl)cc3s2)cc1. The number of amides is 1. The number of benzene rings is 2. The minimum absolute atomic E-state index is 0.0671. The second kappa shape index (κ2) is 10.9. The Hall–Kier alpha value is -2.04. The maximum atomic E-state index is 13.6. The van der Waals surface area contributed by atoms with E-state index in [1.165, 1.54) is 27.8 Å². The standard InChI is InChI=1S/C25H30ClN3O4S2/c1-4-5-12-28(3)35(31,32)21-10-8-18(9-11-21)24(30)29(16-20-7-6-13-33-20)25-27-23-17(2)14-19(26)15-22(23)34-25/h8-11,14-15,20H,4-7,12-13,16H2,1-3H3. The number of aryl methyl sites for hydroxylation is 1. The molecule has 1 aromatic heterocycles. The average Bonchev–Trinajstić information content (AvgIpc) is 3.50. The number of rotatable bonds is 9. The highest BCUT2D eigenvalue weighted by Crippen LogP contribution is 2.34. The number of sulfonamides is 1. The Bertz CT molecular complexity index is 1300. The first kappa shape index (κ1) is 26.0. The summed E-state index contributed by atoms with van der Waals surface area (Å²) >= 11 is 7.65. The van der Waals surface area contributed by atoms with E-state index >= 15 is 0 Å². The van der Waals surface area contributed by atoms with Gasteiger partial charge in [0.25, 0.3) is 5.91 Å². The van der Waals surface area contributed by atoms with Crippen LogP contribution in [0.5, 0.6) is 0 Å². The molecule has 10 heteroatoms. The highest BCUT2D eigenvalue weighted by molar-refractivity contribution is 7.89. The minimum Gasteiger partial charge on any atom is -0.376 e. The third-order valence-corrected chi connectivity index (χ3v) is 9.28. The molecule has 2 aromatic carbocycles. The van der Waals surface area contributed by atoms with Crippen molar-refractivity contribution >= 4 is 54.2 Å². The number of thiazole rings is 1. The number of fused-ring (bicyclic) bond motifs is 1. The molecule has 0 N–H and O–H groups in total. The van der Waals surface area contributed by atoms with E-state index in [9.17, 15) is 13.2 Å². The Morgan fingerprint density at radius 1 is 1.26 bits per heavy atom. The van der Waals surface area contributed by atoms with Gasteiger partial charge in [0.05, 0.1) is 27.8 Å². The van der Waals surface area contributed by atoms with Crippen molar-refractivity contribution in [3.63, 3.8) is 0 Å². The molecule has 0 radical (unpaired) electrons. The van der Waals surface area contributed by atoms with Crippen LogP contribution in [0.1, 0.15) is 48.5 Å². The molecule has 3 aromatic rings. The molecule has 0 aliphatic carbocycles. The van der Waals surface area contributed by atoms with E-state index in [2.05, 4.69) is 0 Å². The zero-order valence-electron chi connectivity index (χ0n) is 20.2. The average molecular weight is 536 g/mol. The Labute approximate surface area is 215 Å². The molecule has 1 aliphatic rings. The number of unbranched alkanes of at least 4 members (excludes halogenated alkanes) is 1. The van der Waals surface area contributed by atoms with E-state index in [0.29, 0.717) is 35.4 Å². The first-order valence-corrected chi connectivity index (χ1v) is 14.4.